The summed E-state index contributed by atoms with van der Waals surface area (Å²) in [5, 5.41) is 9.11. The van der Waals surface area contributed by atoms with Crippen molar-refractivity contribution in [2.24, 2.45) is 5.73 Å². The smallest absolute Gasteiger partial charge is 0.0992 e. The van der Waals surface area contributed by atoms with Gasteiger partial charge in [-0.05, 0) is 56.7 Å². The lowest BCUT2D eigenvalue weighted by Gasteiger charge is -2.50. The molecular formula is C16H21N3. The van der Waals surface area contributed by atoms with Crippen molar-refractivity contribution in [2.45, 2.75) is 57.2 Å². The molecule has 2 aliphatic rings. The Morgan fingerprint density at radius 3 is 2.58 bits per heavy atom. The maximum atomic E-state index is 9.11. The number of anilines is 1. The highest BCUT2D eigenvalue weighted by atomic mass is 15.2. The van der Waals surface area contributed by atoms with E-state index in [0.29, 0.717) is 18.1 Å². The molecule has 0 aliphatic carbocycles. The molecule has 1 aromatic carbocycles. The van der Waals surface area contributed by atoms with Gasteiger partial charge in [-0.1, -0.05) is 6.07 Å². The first kappa shape index (κ1) is 12.5. The van der Waals surface area contributed by atoms with Crippen LogP contribution in [0, 0.1) is 18.3 Å². The first-order valence-corrected chi connectivity index (χ1v) is 7.23. The fourth-order valence-electron chi connectivity index (χ4n) is 3.77. The SMILES string of the molecule is Cc1ccc(C#N)cc1N1C2CCCC1CC(N)C2. The zero-order valence-corrected chi connectivity index (χ0v) is 11.5. The molecule has 0 amide bonds. The van der Waals surface area contributed by atoms with Crippen LogP contribution in [0.3, 0.4) is 0 Å². The summed E-state index contributed by atoms with van der Waals surface area (Å²) in [6, 6.07) is 9.77. The van der Waals surface area contributed by atoms with Crippen LogP contribution in [-0.2, 0) is 0 Å². The number of nitrogens with two attached hydrogens (primary N) is 1. The Morgan fingerprint density at radius 2 is 1.95 bits per heavy atom. The Bertz CT molecular complexity index is 503. The molecule has 19 heavy (non-hydrogen) atoms. The van der Waals surface area contributed by atoms with Crippen molar-refractivity contribution in [3.8, 4) is 6.07 Å². The second-order valence-electron chi connectivity index (χ2n) is 5.99. The summed E-state index contributed by atoms with van der Waals surface area (Å²) in [5.74, 6) is 0. The molecule has 2 heterocycles. The maximum absolute atomic E-state index is 9.11. The van der Waals surface area contributed by atoms with E-state index in [1.807, 2.05) is 6.07 Å². The number of nitriles is 1. The second-order valence-corrected chi connectivity index (χ2v) is 5.99. The average molecular weight is 255 g/mol. The average Bonchev–Trinajstić information content (AvgIpc) is 2.39. The van der Waals surface area contributed by atoms with Gasteiger partial charge in [0.05, 0.1) is 11.6 Å². The van der Waals surface area contributed by atoms with Crippen molar-refractivity contribution >= 4 is 5.69 Å². The summed E-state index contributed by atoms with van der Waals surface area (Å²) < 4.78 is 0. The van der Waals surface area contributed by atoms with Crippen LogP contribution in [0.15, 0.2) is 18.2 Å². The van der Waals surface area contributed by atoms with E-state index in [1.54, 1.807) is 0 Å². The number of hydrogen-bond acceptors (Lipinski definition) is 3. The predicted octanol–water partition coefficient (Wildman–Crippen LogP) is 2.72. The van der Waals surface area contributed by atoms with Crippen LogP contribution in [-0.4, -0.2) is 18.1 Å². The molecule has 0 saturated carbocycles. The molecule has 0 radical (unpaired) electrons. The topological polar surface area (TPSA) is 53.0 Å². The molecule has 0 spiro atoms. The van der Waals surface area contributed by atoms with E-state index in [4.69, 9.17) is 11.0 Å². The minimum absolute atomic E-state index is 0.353. The third-order valence-corrected chi connectivity index (χ3v) is 4.63. The zero-order valence-electron chi connectivity index (χ0n) is 11.5. The number of nitrogens with zero attached hydrogens (tertiary/aromatic N) is 2. The Kier molecular flexibility index (Phi) is 3.20. The highest BCUT2D eigenvalue weighted by molar-refractivity contribution is 5.59. The van der Waals surface area contributed by atoms with Gasteiger partial charge in [-0.2, -0.15) is 5.26 Å². The second kappa shape index (κ2) is 4.86. The van der Waals surface area contributed by atoms with Crippen molar-refractivity contribution in [3.05, 3.63) is 29.3 Å². The van der Waals surface area contributed by atoms with Gasteiger partial charge in [-0.3, -0.25) is 0 Å². The molecule has 1 aromatic rings. The molecule has 0 aromatic heterocycles. The summed E-state index contributed by atoms with van der Waals surface area (Å²) in [6.07, 6.45) is 5.97. The number of rotatable bonds is 1. The number of hydrogen-bond donors (Lipinski definition) is 1. The highest BCUT2D eigenvalue weighted by Crippen LogP contribution is 2.38. The summed E-state index contributed by atoms with van der Waals surface area (Å²) in [6.45, 7) is 2.14. The van der Waals surface area contributed by atoms with E-state index in [1.165, 1.54) is 30.5 Å². The quantitative estimate of drug-likeness (QED) is 0.839. The maximum Gasteiger partial charge on any atom is 0.0992 e. The fourth-order valence-corrected chi connectivity index (χ4v) is 3.77. The Morgan fingerprint density at radius 1 is 1.26 bits per heavy atom. The van der Waals surface area contributed by atoms with Gasteiger partial charge in [-0.15, -0.1) is 0 Å². The minimum Gasteiger partial charge on any atom is -0.365 e. The Labute approximate surface area is 115 Å². The molecule has 3 rings (SSSR count). The molecule has 2 unspecified atom stereocenters. The van der Waals surface area contributed by atoms with Crippen LogP contribution in [0.5, 0.6) is 0 Å². The lowest BCUT2D eigenvalue weighted by Crippen LogP contribution is -2.55. The van der Waals surface area contributed by atoms with Crippen LogP contribution >= 0.6 is 0 Å². The lowest BCUT2D eigenvalue weighted by atomic mass is 9.81. The molecule has 2 aliphatic heterocycles. The molecule has 2 N–H and O–H groups in total. The van der Waals surface area contributed by atoms with Gasteiger partial charge >= 0.3 is 0 Å². The van der Waals surface area contributed by atoms with E-state index in [0.717, 1.165) is 18.4 Å². The van der Waals surface area contributed by atoms with Crippen LogP contribution in [0.2, 0.25) is 0 Å². The largest absolute Gasteiger partial charge is 0.365 e. The van der Waals surface area contributed by atoms with Gasteiger partial charge in [0.15, 0.2) is 0 Å². The third-order valence-electron chi connectivity index (χ3n) is 4.63. The van der Waals surface area contributed by atoms with E-state index in [2.05, 4.69) is 30.0 Å². The fraction of sp³-hybridized carbons (Fsp3) is 0.562. The van der Waals surface area contributed by atoms with Gasteiger partial charge in [0.25, 0.3) is 0 Å². The van der Waals surface area contributed by atoms with Crippen LogP contribution in [0.1, 0.15) is 43.2 Å². The van der Waals surface area contributed by atoms with E-state index < -0.39 is 0 Å². The first-order chi connectivity index (χ1) is 9.19. The summed E-state index contributed by atoms with van der Waals surface area (Å²) in [4.78, 5) is 2.56. The lowest BCUT2D eigenvalue weighted by molar-refractivity contribution is 0.271. The Hall–Kier alpha value is -1.53. The van der Waals surface area contributed by atoms with Gasteiger partial charge in [-0.25, -0.2) is 0 Å². The predicted molar refractivity (Wildman–Crippen MR) is 77.0 cm³/mol. The molecule has 3 heteroatoms. The molecule has 2 saturated heterocycles. The Balaban J connectivity index is 1.99. The monoisotopic (exact) mass is 255 g/mol. The third kappa shape index (κ3) is 2.21. The number of piperidine rings is 2. The molecule has 2 atom stereocenters. The van der Waals surface area contributed by atoms with Crippen molar-refractivity contribution in [1.82, 2.24) is 0 Å². The van der Waals surface area contributed by atoms with Gasteiger partial charge < -0.3 is 10.6 Å². The van der Waals surface area contributed by atoms with Crippen molar-refractivity contribution in [1.29, 1.82) is 5.26 Å². The molecule has 100 valence electrons. The molecule has 3 nitrogen and oxygen atoms in total. The summed E-state index contributed by atoms with van der Waals surface area (Å²) >= 11 is 0. The summed E-state index contributed by atoms with van der Waals surface area (Å²) in [5.41, 5.74) is 9.46. The van der Waals surface area contributed by atoms with Crippen molar-refractivity contribution in [3.63, 3.8) is 0 Å². The minimum atomic E-state index is 0.353. The van der Waals surface area contributed by atoms with E-state index in [9.17, 15) is 0 Å². The normalized spacial score (nSPS) is 29.9. The van der Waals surface area contributed by atoms with Gasteiger partial charge in [0, 0.05) is 23.8 Å². The number of benzene rings is 1. The van der Waals surface area contributed by atoms with E-state index in [-0.39, 0.29) is 0 Å². The van der Waals surface area contributed by atoms with E-state index >= 15 is 0 Å². The van der Waals surface area contributed by atoms with Crippen molar-refractivity contribution in [2.75, 3.05) is 4.90 Å². The van der Waals surface area contributed by atoms with Crippen molar-refractivity contribution < 1.29 is 0 Å². The standard InChI is InChI=1S/C16H21N3/c1-11-5-6-12(10-17)7-16(11)19-14-3-2-4-15(19)9-13(18)8-14/h5-7,13-15H,2-4,8-9,18H2,1H3. The van der Waals surface area contributed by atoms with Crippen LogP contribution in [0.4, 0.5) is 5.69 Å². The van der Waals surface area contributed by atoms with Crippen LogP contribution in [0.25, 0.3) is 0 Å². The highest BCUT2D eigenvalue weighted by Gasteiger charge is 2.37. The van der Waals surface area contributed by atoms with Gasteiger partial charge in [0.2, 0.25) is 0 Å². The molecule has 2 fully saturated rings. The number of fused-ring (bicyclic) bond motifs is 2. The first-order valence-electron chi connectivity index (χ1n) is 7.23. The molecule has 2 bridgehead atoms. The summed E-state index contributed by atoms with van der Waals surface area (Å²) in [7, 11) is 0. The van der Waals surface area contributed by atoms with Gasteiger partial charge in [0.1, 0.15) is 0 Å². The zero-order chi connectivity index (χ0) is 13.4. The van der Waals surface area contributed by atoms with Crippen LogP contribution < -0.4 is 10.6 Å². The number of aryl methyl sites for hydroxylation is 1. The molecular weight excluding hydrogens is 234 g/mol.